The number of halogens is 1. The predicted molar refractivity (Wildman–Crippen MR) is 86.8 cm³/mol. The van der Waals surface area contributed by atoms with Gasteiger partial charge in [0.05, 0.1) is 6.04 Å². The van der Waals surface area contributed by atoms with E-state index >= 15 is 0 Å². The molecular formula is C16H22ClN3O2. The number of benzene rings is 1. The fourth-order valence-corrected chi connectivity index (χ4v) is 2.99. The normalized spacial score (nSPS) is 24.3. The minimum absolute atomic E-state index is 0. The average Bonchev–Trinajstić information content (AvgIpc) is 2.72. The quantitative estimate of drug-likeness (QED) is 0.757. The number of fused-ring (bicyclic) bond motifs is 1. The topological polar surface area (TPSA) is 70.2 Å². The molecule has 2 aliphatic heterocycles. The molecule has 3 rings (SSSR count). The largest absolute Gasteiger partial charge is 0.354 e. The van der Waals surface area contributed by atoms with E-state index in [9.17, 15) is 9.59 Å². The molecule has 3 N–H and O–H groups in total. The van der Waals surface area contributed by atoms with Gasteiger partial charge >= 0.3 is 0 Å². The van der Waals surface area contributed by atoms with Crippen molar-refractivity contribution >= 4 is 24.2 Å². The Morgan fingerprint density at radius 3 is 2.77 bits per heavy atom. The maximum absolute atomic E-state index is 12.4. The van der Waals surface area contributed by atoms with Crippen molar-refractivity contribution in [3.05, 3.63) is 35.4 Å². The summed E-state index contributed by atoms with van der Waals surface area (Å²) in [6.45, 7) is 1.41. The lowest BCUT2D eigenvalue weighted by molar-refractivity contribution is -0.130. The first-order valence-corrected chi connectivity index (χ1v) is 7.62. The fraction of sp³-hybridized carbons (Fsp3) is 0.500. The van der Waals surface area contributed by atoms with Crippen LogP contribution >= 0.6 is 12.4 Å². The highest BCUT2D eigenvalue weighted by Crippen LogP contribution is 2.16. The lowest BCUT2D eigenvalue weighted by Gasteiger charge is -2.27. The molecule has 0 radical (unpaired) electrons. The zero-order valence-corrected chi connectivity index (χ0v) is 13.2. The summed E-state index contributed by atoms with van der Waals surface area (Å²) >= 11 is 0. The van der Waals surface area contributed by atoms with Crippen molar-refractivity contribution in [2.24, 2.45) is 0 Å². The van der Waals surface area contributed by atoms with Gasteiger partial charge in [0.2, 0.25) is 11.8 Å². The van der Waals surface area contributed by atoms with Crippen LogP contribution in [0.4, 0.5) is 0 Å². The van der Waals surface area contributed by atoms with Gasteiger partial charge in [0, 0.05) is 13.1 Å². The maximum Gasteiger partial charge on any atom is 0.242 e. The van der Waals surface area contributed by atoms with Crippen LogP contribution in [0.25, 0.3) is 0 Å². The second kappa shape index (κ2) is 7.61. The van der Waals surface area contributed by atoms with Gasteiger partial charge in [-0.2, -0.15) is 0 Å². The van der Waals surface area contributed by atoms with Crippen LogP contribution in [-0.2, 0) is 22.6 Å². The number of carbonyl (C=O) groups is 2. The molecule has 1 saturated heterocycles. The molecule has 2 unspecified atom stereocenters. The average molecular weight is 324 g/mol. The highest BCUT2D eigenvalue weighted by atomic mass is 35.5. The van der Waals surface area contributed by atoms with Gasteiger partial charge in [0.1, 0.15) is 6.04 Å². The Balaban J connectivity index is 0.00000176. The third-order valence-corrected chi connectivity index (χ3v) is 4.25. The SMILES string of the molecule is Cl.O=C(NC1CCCCNC1=O)C1Cc2ccccc2CN1. The Morgan fingerprint density at radius 1 is 1.18 bits per heavy atom. The third-order valence-electron chi connectivity index (χ3n) is 4.25. The van der Waals surface area contributed by atoms with Crippen molar-refractivity contribution in [1.82, 2.24) is 16.0 Å². The van der Waals surface area contributed by atoms with Crippen LogP contribution in [0.2, 0.25) is 0 Å². The molecular weight excluding hydrogens is 302 g/mol. The second-order valence-corrected chi connectivity index (χ2v) is 5.75. The van der Waals surface area contributed by atoms with Crippen LogP contribution in [-0.4, -0.2) is 30.4 Å². The minimum atomic E-state index is -0.390. The van der Waals surface area contributed by atoms with Crippen LogP contribution < -0.4 is 16.0 Å². The number of hydrogen-bond acceptors (Lipinski definition) is 3. The highest BCUT2D eigenvalue weighted by molar-refractivity contribution is 5.90. The molecule has 2 atom stereocenters. The zero-order chi connectivity index (χ0) is 14.7. The van der Waals surface area contributed by atoms with E-state index in [1.54, 1.807) is 0 Å². The summed E-state index contributed by atoms with van der Waals surface area (Å²) in [6.07, 6.45) is 3.34. The maximum atomic E-state index is 12.4. The molecule has 1 fully saturated rings. The molecule has 120 valence electrons. The van der Waals surface area contributed by atoms with E-state index in [0.717, 1.165) is 19.3 Å². The smallest absolute Gasteiger partial charge is 0.242 e. The van der Waals surface area contributed by atoms with E-state index in [0.29, 0.717) is 19.5 Å². The number of nitrogens with one attached hydrogen (secondary N) is 3. The van der Waals surface area contributed by atoms with E-state index < -0.39 is 0 Å². The Labute approximate surface area is 136 Å². The first kappa shape index (κ1) is 16.8. The van der Waals surface area contributed by atoms with Crippen LogP contribution in [0.5, 0.6) is 0 Å². The highest BCUT2D eigenvalue weighted by Gasteiger charge is 2.28. The van der Waals surface area contributed by atoms with Gasteiger partial charge in [-0.05, 0) is 36.8 Å². The molecule has 2 aliphatic rings. The van der Waals surface area contributed by atoms with Gasteiger partial charge in [0.15, 0.2) is 0 Å². The Bertz CT molecular complexity index is 550. The zero-order valence-electron chi connectivity index (χ0n) is 12.4. The van der Waals surface area contributed by atoms with Crippen molar-refractivity contribution in [1.29, 1.82) is 0 Å². The molecule has 22 heavy (non-hydrogen) atoms. The van der Waals surface area contributed by atoms with Crippen LogP contribution in [0.15, 0.2) is 24.3 Å². The lowest BCUT2D eigenvalue weighted by atomic mass is 9.95. The van der Waals surface area contributed by atoms with Crippen molar-refractivity contribution in [2.45, 2.75) is 44.3 Å². The summed E-state index contributed by atoms with van der Waals surface area (Å²) in [5.74, 6) is -0.136. The predicted octanol–water partition coefficient (Wildman–Crippen LogP) is 0.908. The Hall–Kier alpha value is -1.59. The van der Waals surface area contributed by atoms with Crippen LogP contribution in [0.1, 0.15) is 30.4 Å². The number of carbonyl (C=O) groups excluding carboxylic acids is 2. The molecule has 0 bridgehead atoms. The minimum Gasteiger partial charge on any atom is -0.354 e. The third kappa shape index (κ3) is 3.78. The van der Waals surface area contributed by atoms with Gasteiger partial charge in [-0.25, -0.2) is 0 Å². The molecule has 0 aromatic heterocycles. The van der Waals surface area contributed by atoms with Crippen LogP contribution in [0.3, 0.4) is 0 Å². The molecule has 0 saturated carbocycles. The second-order valence-electron chi connectivity index (χ2n) is 5.75. The van der Waals surface area contributed by atoms with E-state index in [-0.39, 0.29) is 36.3 Å². The molecule has 2 amide bonds. The molecule has 1 aromatic rings. The summed E-state index contributed by atoms with van der Waals surface area (Å²) in [7, 11) is 0. The van der Waals surface area contributed by atoms with E-state index in [2.05, 4.69) is 28.1 Å². The lowest BCUT2D eigenvalue weighted by Crippen LogP contribution is -2.53. The molecule has 1 aromatic carbocycles. The molecule has 5 nitrogen and oxygen atoms in total. The number of amides is 2. The fourth-order valence-electron chi connectivity index (χ4n) is 2.99. The van der Waals surface area contributed by atoms with E-state index in [1.165, 1.54) is 11.1 Å². The van der Waals surface area contributed by atoms with Crippen molar-refractivity contribution in [2.75, 3.05) is 6.54 Å². The standard InChI is InChI=1S/C16H21N3O2.ClH/c20-15-13(7-3-4-8-17-15)19-16(21)14-9-11-5-1-2-6-12(11)10-18-14;/h1-2,5-6,13-14,18H,3-4,7-10H2,(H,17,20)(H,19,21);1H. The molecule has 0 spiro atoms. The first-order valence-electron chi connectivity index (χ1n) is 7.62. The number of hydrogen-bond donors (Lipinski definition) is 3. The van der Waals surface area contributed by atoms with Gasteiger partial charge in [-0.3, -0.25) is 9.59 Å². The summed E-state index contributed by atoms with van der Waals surface area (Å²) in [5, 5.41) is 8.99. The van der Waals surface area contributed by atoms with Gasteiger partial charge < -0.3 is 16.0 Å². The molecule has 2 heterocycles. The Morgan fingerprint density at radius 2 is 1.95 bits per heavy atom. The first-order chi connectivity index (χ1) is 10.2. The molecule has 0 aliphatic carbocycles. The van der Waals surface area contributed by atoms with E-state index in [4.69, 9.17) is 0 Å². The van der Waals surface area contributed by atoms with Crippen molar-refractivity contribution in [3.63, 3.8) is 0 Å². The number of rotatable bonds is 2. The summed E-state index contributed by atoms with van der Waals surface area (Å²) < 4.78 is 0. The summed E-state index contributed by atoms with van der Waals surface area (Å²) in [6, 6.07) is 7.51. The summed E-state index contributed by atoms with van der Waals surface area (Å²) in [4.78, 5) is 24.3. The Kier molecular flexibility index (Phi) is 5.80. The summed E-state index contributed by atoms with van der Waals surface area (Å²) in [5.41, 5.74) is 2.45. The van der Waals surface area contributed by atoms with Gasteiger partial charge in [-0.1, -0.05) is 24.3 Å². The molecule has 6 heteroatoms. The van der Waals surface area contributed by atoms with Crippen molar-refractivity contribution in [3.8, 4) is 0 Å². The van der Waals surface area contributed by atoms with Gasteiger partial charge in [-0.15, -0.1) is 12.4 Å². The van der Waals surface area contributed by atoms with E-state index in [1.807, 2.05) is 12.1 Å². The van der Waals surface area contributed by atoms with Crippen molar-refractivity contribution < 1.29 is 9.59 Å². The van der Waals surface area contributed by atoms with Gasteiger partial charge in [0.25, 0.3) is 0 Å². The van der Waals surface area contributed by atoms with Crippen LogP contribution in [0, 0.1) is 0 Å². The monoisotopic (exact) mass is 323 g/mol.